The van der Waals surface area contributed by atoms with E-state index in [0.717, 1.165) is 0 Å². The van der Waals surface area contributed by atoms with E-state index in [0.29, 0.717) is 16.9 Å². The summed E-state index contributed by atoms with van der Waals surface area (Å²) in [5, 5.41) is 18.8. The highest BCUT2D eigenvalue weighted by molar-refractivity contribution is 5.89. The number of imidazole rings is 1. The summed E-state index contributed by atoms with van der Waals surface area (Å²) >= 11 is 0. The normalized spacial score (nSPS) is 10.7. The molecule has 0 saturated heterocycles. The summed E-state index contributed by atoms with van der Waals surface area (Å²) in [5.74, 6) is -0.268. The SMILES string of the molecule is O=C(O)c1ccn2c(-c3ccccc3O)ncc2c1. The van der Waals surface area contributed by atoms with Gasteiger partial charge in [0.2, 0.25) is 0 Å². The molecule has 0 amide bonds. The van der Waals surface area contributed by atoms with Crippen LogP contribution in [0, 0.1) is 0 Å². The van der Waals surface area contributed by atoms with E-state index in [1.807, 2.05) is 6.07 Å². The molecular formula is C14H10N2O3. The Morgan fingerprint density at radius 1 is 1.21 bits per heavy atom. The van der Waals surface area contributed by atoms with Crippen LogP contribution in [-0.2, 0) is 0 Å². The largest absolute Gasteiger partial charge is 0.507 e. The Bertz CT molecular complexity index is 777. The van der Waals surface area contributed by atoms with Crippen LogP contribution in [0.3, 0.4) is 0 Å². The first-order valence-corrected chi connectivity index (χ1v) is 5.65. The molecule has 0 spiro atoms. The van der Waals surface area contributed by atoms with Gasteiger partial charge in [-0.1, -0.05) is 12.1 Å². The first-order valence-electron chi connectivity index (χ1n) is 5.65. The van der Waals surface area contributed by atoms with Gasteiger partial charge in [-0.15, -0.1) is 0 Å². The molecule has 3 aromatic rings. The number of benzene rings is 1. The molecule has 0 atom stereocenters. The minimum Gasteiger partial charge on any atom is -0.507 e. The molecule has 0 aliphatic carbocycles. The maximum absolute atomic E-state index is 10.9. The van der Waals surface area contributed by atoms with Crippen LogP contribution < -0.4 is 0 Å². The average Bonchev–Trinajstić information content (AvgIpc) is 2.82. The molecule has 0 aliphatic rings. The van der Waals surface area contributed by atoms with Crippen LogP contribution in [0.1, 0.15) is 10.4 Å². The van der Waals surface area contributed by atoms with Gasteiger partial charge in [0.25, 0.3) is 0 Å². The number of rotatable bonds is 2. The zero-order valence-corrected chi connectivity index (χ0v) is 9.82. The van der Waals surface area contributed by atoms with Gasteiger partial charge < -0.3 is 10.2 Å². The number of para-hydroxylation sites is 1. The number of carbonyl (C=O) groups is 1. The van der Waals surface area contributed by atoms with Crippen LogP contribution in [-0.4, -0.2) is 25.6 Å². The van der Waals surface area contributed by atoms with Gasteiger partial charge in [0.05, 0.1) is 22.8 Å². The number of aromatic carboxylic acids is 1. The third-order valence-corrected chi connectivity index (χ3v) is 2.92. The Balaban J connectivity index is 2.22. The lowest BCUT2D eigenvalue weighted by Crippen LogP contribution is -1.97. The van der Waals surface area contributed by atoms with Crippen molar-refractivity contribution in [3.05, 3.63) is 54.4 Å². The number of hydrogen-bond donors (Lipinski definition) is 2. The average molecular weight is 254 g/mol. The van der Waals surface area contributed by atoms with Gasteiger partial charge in [-0.05, 0) is 24.3 Å². The number of pyridine rings is 1. The molecule has 0 radical (unpaired) electrons. The van der Waals surface area contributed by atoms with Crippen molar-refractivity contribution in [3.8, 4) is 17.1 Å². The lowest BCUT2D eigenvalue weighted by Gasteiger charge is -2.04. The van der Waals surface area contributed by atoms with Crippen molar-refractivity contribution in [2.75, 3.05) is 0 Å². The lowest BCUT2D eigenvalue weighted by molar-refractivity contribution is 0.0697. The molecule has 5 nitrogen and oxygen atoms in total. The van der Waals surface area contributed by atoms with E-state index in [4.69, 9.17) is 5.11 Å². The second-order valence-corrected chi connectivity index (χ2v) is 4.11. The van der Waals surface area contributed by atoms with Gasteiger partial charge in [-0.25, -0.2) is 9.78 Å². The molecule has 2 aromatic heterocycles. The number of nitrogens with zero attached hydrogens (tertiary/aromatic N) is 2. The van der Waals surface area contributed by atoms with Crippen molar-refractivity contribution < 1.29 is 15.0 Å². The first kappa shape index (κ1) is 11.3. The molecule has 0 saturated carbocycles. The number of phenols is 1. The number of fused-ring (bicyclic) bond motifs is 1. The van der Waals surface area contributed by atoms with Crippen molar-refractivity contribution in [3.63, 3.8) is 0 Å². The Labute approximate surface area is 108 Å². The molecule has 5 heteroatoms. The fourth-order valence-electron chi connectivity index (χ4n) is 1.99. The van der Waals surface area contributed by atoms with Gasteiger partial charge in [-0.3, -0.25) is 4.40 Å². The number of aromatic hydroxyl groups is 1. The second-order valence-electron chi connectivity index (χ2n) is 4.11. The molecule has 2 N–H and O–H groups in total. The second kappa shape index (κ2) is 4.13. The molecular weight excluding hydrogens is 244 g/mol. The van der Waals surface area contributed by atoms with E-state index in [1.165, 1.54) is 6.07 Å². The monoisotopic (exact) mass is 254 g/mol. The van der Waals surface area contributed by atoms with E-state index in [-0.39, 0.29) is 11.3 Å². The van der Waals surface area contributed by atoms with Crippen LogP contribution in [0.15, 0.2) is 48.8 Å². The van der Waals surface area contributed by atoms with Crippen molar-refractivity contribution in [1.29, 1.82) is 0 Å². The first-order chi connectivity index (χ1) is 9.16. The summed E-state index contributed by atoms with van der Waals surface area (Å²) in [5.41, 5.74) is 1.47. The Morgan fingerprint density at radius 2 is 2.00 bits per heavy atom. The Morgan fingerprint density at radius 3 is 2.74 bits per heavy atom. The number of carboxylic acids is 1. The summed E-state index contributed by atoms with van der Waals surface area (Å²) in [6, 6.07) is 9.93. The number of aromatic nitrogens is 2. The van der Waals surface area contributed by atoms with Gasteiger partial charge in [0, 0.05) is 6.20 Å². The summed E-state index contributed by atoms with van der Waals surface area (Å²) in [6.45, 7) is 0. The fourth-order valence-corrected chi connectivity index (χ4v) is 1.99. The summed E-state index contributed by atoms with van der Waals surface area (Å²) in [7, 11) is 0. The van der Waals surface area contributed by atoms with Gasteiger partial charge in [0.15, 0.2) is 0 Å². The molecule has 3 rings (SSSR count). The predicted molar refractivity (Wildman–Crippen MR) is 69.3 cm³/mol. The van der Waals surface area contributed by atoms with Crippen LogP contribution in [0.25, 0.3) is 16.9 Å². The van der Waals surface area contributed by atoms with Crippen LogP contribution in [0.2, 0.25) is 0 Å². The number of hydrogen-bond acceptors (Lipinski definition) is 3. The highest BCUT2D eigenvalue weighted by Crippen LogP contribution is 2.28. The number of phenolic OH excluding ortho intramolecular Hbond substituents is 1. The standard InChI is InChI=1S/C14H10N2O3/c17-12-4-2-1-3-11(12)13-15-8-10-7-9(14(18)19)5-6-16(10)13/h1-8,17H,(H,18,19). The zero-order chi connectivity index (χ0) is 13.4. The zero-order valence-electron chi connectivity index (χ0n) is 9.82. The molecule has 0 bridgehead atoms. The molecule has 0 aliphatic heterocycles. The van der Waals surface area contributed by atoms with Crippen molar-refractivity contribution in [2.24, 2.45) is 0 Å². The van der Waals surface area contributed by atoms with E-state index < -0.39 is 5.97 Å². The fraction of sp³-hybridized carbons (Fsp3) is 0. The van der Waals surface area contributed by atoms with Crippen molar-refractivity contribution >= 4 is 11.5 Å². The smallest absolute Gasteiger partial charge is 0.335 e. The summed E-state index contributed by atoms with van der Waals surface area (Å²) in [4.78, 5) is 15.1. The highest BCUT2D eigenvalue weighted by atomic mass is 16.4. The lowest BCUT2D eigenvalue weighted by atomic mass is 10.2. The summed E-state index contributed by atoms with van der Waals surface area (Å²) in [6.07, 6.45) is 3.21. The van der Waals surface area contributed by atoms with Crippen LogP contribution in [0.4, 0.5) is 0 Å². The molecule has 94 valence electrons. The predicted octanol–water partition coefficient (Wildman–Crippen LogP) is 2.41. The minimum atomic E-state index is -0.979. The van der Waals surface area contributed by atoms with Crippen LogP contribution in [0.5, 0.6) is 5.75 Å². The van der Waals surface area contributed by atoms with Gasteiger partial charge >= 0.3 is 5.97 Å². The van der Waals surface area contributed by atoms with Crippen molar-refractivity contribution in [1.82, 2.24) is 9.38 Å². The van der Waals surface area contributed by atoms with E-state index in [2.05, 4.69) is 4.98 Å². The van der Waals surface area contributed by atoms with E-state index in [9.17, 15) is 9.90 Å². The topological polar surface area (TPSA) is 74.8 Å². The maximum atomic E-state index is 10.9. The maximum Gasteiger partial charge on any atom is 0.335 e. The molecule has 19 heavy (non-hydrogen) atoms. The van der Waals surface area contributed by atoms with Crippen LogP contribution >= 0.6 is 0 Å². The van der Waals surface area contributed by atoms with Crippen molar-refractivity contribution in [2.45, 2.75) is 0 Å². The third kappa shape index (κ3) is 1.81. The number of carboxylic acid groups (broad SMARTS) is 1. The summed E-state index contributed by atoms with van der Waals surface area (Å²) < 4.78 is 1.74. The van der Waals surface area contributed by atoms with E-state index in [1.54, 1.807) is 41.1 Å². The quantitative estimate of drug-likeness (QED) is 0.736. The molecule has 2 heterocycles. The van der Waals surface area contributed by atoms with Gasteiger partial charge in [-0.2, -0.15) is 0 Å². The Kier molecular flexibility index (Phi) is 2.45. The van der Waals surface area contributed by atoms with Gasteiger partial charge in [0.1, 0.15) is 11.6 Å². The molecule has 1 aromatic carbocycles. The minimum absolute atomic E-state index is 0.136. The molecule has 0 unspecified atom stereocenters. The third-order valence-electron chi connectivity index (χ3n) is 2.92. The van der Waals surface area contributed by atoms with E-state index >= 15 is 0 Å². The molecule has 0 fully saturated rings. The highest BCUT2D eigenvalue weighted by Gasteiger charge is 2.11. The Hall–Kier alpha value is -2.82.